The number of nitrogens with one attached hydrogen (secondary N) is 1. The second-order valence-electron chi connectivity index (χ2n) is 5.22. The van der Waals surface area contributed by atoms with Crippen LogP contribution in [0.25, 0.3) is 0 Å². The predicted octanol–water partition coefficient (Wildman–Crippen LogP) is 1.81. The Balaban J connectivity index is 2.28. The number of aliphatic hydroxyl groups is 1. The van der Waals surface area contributed by atoms with Crippen molar-refractivity contribution >= 4 is 27.3 Å². The Labute approximate surface area is 124 Å². The van der Waals surface area contributed by atoms with Gasteiger partial charge in [-0.2, -0.15) is 0 Å². The van der Waals surface area contributed by atoms with E-state index in [1.165, 1.54) is 12.1 Å². The number of aryl methyl sites for hydroxylation is 1. The summed E-state index contributed by atoms with van der Waals surface area (Å²) >= 11 is 6.00. The first kappa shape index (κ1) is 15.6. The van der Waals surface area contributed by atoms with Gasteiger partial charge in [0, 0.05) is 11.7 Å². The molecule has 1 aliphatic carbocycles. The van der Waals surface area contributed by atoms with Crippen molar-refractivity contribution in [3.05, 3.63) is 22.7 Å². The van der Waals surface area contributed by atoms with Crippen molar-refractivity contribution in [2.45, 2.75) is 49.6 Å². The number of anilines is 1. The number of sulfonamides is 1. The van der Waals surface area contributed by atoms with Gasteiger partial charge in [-0.1, -0.05) is 24.4 Å². The molecule has 1 aromatic rings. The lowest BCUT2D eigenvalue weighted by Gasteiger charge is -2.28. The van der Waals surface area contributed by atoms with Gasteiger partial charge >= 0.3 is 0 Å². The van der Waals surface area contributed by atoms with Crippen LogP contribution in [0.4, 0.5) is 5.69 Å². The molecule has 112 valence electrons. The fraction of sp³-hybridized carbons (Fsp3) is 0.538. The maximum atomic E-state index is 12.4. The van der Waals surface area contributed by atoms with Crippen LogP contribution in [0.3, 0.4) is 0 Å². The van der Waals surface area contributed by atoms with Gasteiger partial charge in [0.05, 0.1) is 11.1 Å². The lowest BCUT2D eigenvalue weighted by atomic mass is 9.93. The van der Waals surface area contributed by atoms with Crippen LogP contribution in [-0.4, -0.2) is 25.7 Å². The summed E-state index contributed by atoms with van der Waals surface area (Å²) in [7, 11) is -3.78. The molecule has 0 heterocycles. The molecule has 2 rings (SSSR count). The lowest BCUT2D eigenvalue weighted by molar-refractivity contribution is 0.101. The Kier molecular flexibility index (Phi) is 4.59. The van der Waals surface area contributed by atoms with Crippen LogP contribution in [0.5, 0.6) is 0 Å². The molecule has 0 aromatic heterocycles. The molecule has 0 bridgehead atoms. The maximum Gasteiger partial charge on any atom is 0.242 e. The molecule has 0 amide bonds. The molecule has 1 fully saturated rings. The molecule has 5 nitrogen and oxygen atoms in total. The average Bonchev–Trinajstić information content (AvgIpc) is 2.36. The van der Waals surface area contributed by atoms with E-state index in [0.717, 1.165) is 18.4 Å². The zero-order valence-corrected chi connectivity index (χ0v) is 12.8. The zero-order chi connectivity index (χ0) is 14.9. The van der Waals surface area contributed by atoms with Gasteiger partial charge in [0.15, 0.2) is 0 Å². The summed E-state index contributed by atoms with van der Waals surface area (Å²) in [6, 6.07) is 2.42. The minimum atomic E-state index is -3.78. The third kappa shape index (κ3) is 3.25. The van der Waals surface area contributed by atoms with E-state index >= 15 is 0 Å². The van der Waals surface area contributed by atoms with Gasteiger partial charge in [0.1, 0.15) is 4.90 Å². The highest BCUT2D eigenvalue weighted by atomic mass is 35.5. The lowest BCUT2D eigenvalue weighted by Crippen LogP contribution is -2.45. The minimum absolute atomic E-state index is 0.0416. The van der Waals surface area contributed by atoms with E-state index in [1.807, 2.05) is 0 Å². The topological polar surface area (TPSA) is 92.4 Å². The summed E-state index contributed by atoms with van der Waals surface area (Å²) in [6.45, 7) is 1.76. The van der Waals surface area contributed by atoms with Crippen molar-refractivity contribution in [1.82, 2.24) is 4.72 Å². The first-order valence-corrected chi connectivity index (χ1v) is 8.43. The Morgan fingerprint density at radius 2 is 2.00 bits per heavy atom. The van der Waals surface area contributed by atoms with Crippen molar-refractivity contribution in [1.29, 1.82) is 0 Å². The number of rotatable bonds is 3. The van der Waals surface area contributed by atoms with E-state index in [-0.39, 0.29) is 9.92 Å². The Bertz CT molecular complexity index is 604. The van der Waals surface area contributed by atoms with Crippen molar-refractivity contribution in [3.8, 4) is 0 Å². The fourth-order valence-corrected chi connectivity index (χ4v) is 4.31. The maximum absolute atomic E-state index is 12.4. The summed E-state index contributed by atoms with van der Waals surface area (Å²) in [4.78, 5) is -0.0416. The van der Waals surface area contributed by atoms with Gasteiger partial charge in [0.2, 0.25) is 10.0 Å². The van der Waals surface area contributed by atoms with Gasteiger partial charge < -0.3 is 10.8 Å². The first-order valence-electron chi connectivity index (χ1n) is 6.57. The number of hydrogen-bond donors (Lipinski definition) is 3. The monoisotopic (exact) mass is 318 g/mol. The molecule has 7 heteroatoms. The van der Waals surface area contributed by atoms with E-state index in [9.17, 15) is 13.5 Å². The second kappa shape index (κ2) is 5.89. The molecule has 1 aromatic carbocycles. The summed E-state index contributed by atoms with van der Waals surface area (Å²) in [5, 5.41) is 10.00. The molecular formula is C13H19ClN2O3S. The molecule has 2 atom stereocenters. The van der Waals surface area contributed by atoms with Gasteiger partial charge in [-0.05, 0) is 37.5 Å². The molecule has 4 N–H and O–H groups in total. The molecule has 1 aliphatic rings. The Hall–Kier alpha value is -0.820. The first-order chi connectivity index (χ1) is 9.31. The highest BCUT2D eigenvalue weighted by Gasteiger charge is 2.29. The molecular weight excluding hydrogens is 300 g/mol. The molecule has 2 unspecified atom stereocenters. The average molecular weight is 319 g/mol. The van der Waals surface area contributed by atoms with E-state index in [0.29, 0.717) is 18.5 Å². The van der Waals surface area contributed by atoms with Crippen LogP contribution in [0.1, 0.15) is 31.2 Å². The number of benzene rings is 1. The number of nitrogen functional groups attached to an aromatic ring is 1. The van der Waals surface area contributed by atoms with Gasteiger partial charge in [0.25, 0.3) is 0 Å². The van der Waals surface area contributed by atoms with Gasteiger partial charge in [-0.25, -0.2) is 13.1 Å². The summed E-state index contributed by atoms with van der Waals surface area (Å²) in [5.41, 5.74) is 6.85. The fourth-order valence-electron chi connectivity index (χ4n) is 2.39. The Morgan fingerprint density at radius 1 is 1.35 bits per heavy atom. The number of hydrogen-bond acceptors (Lipinski definition) is 4. The normalized spacial score (nSPS) is 23.8. The van der Waals surface area contributed by atoms with Crippen LogP contribution in [0.2, 0.25) is 5.02 Å². The molecule has 20 heavy (non-hydrogen) atoms. The van der Waals surface area contributed by atoms with Crippen LogP contribution < -0.4 is 10.5 Å². The minimum Gasteiger partial charge on any atom is -0.398 e. The van der Waals surface area contributed by atoms with Crippen LogP contribution >= 0.6 is 11.6 Å². The molecule has 0 aliphatic heterocycles. The highest BCUT2D eigenvalue weighted by Crippen LogP contribution is 2.28. The van der Waals surface area contributed by atoms with Crippen molar-refractivity contribution in [2.24, 2.45) is 0 Å². The largest absolute Gasteiger partial charge is 0.398 e. The molecule has 0 spiro atoms. The van der Waals surface area contributed by atoms with Crippen LogP contribution in [-0.2, 0) is 10.0 Å². The quantitative estimate of drug-likeness (QED) is 0.741. The molecule has 0 saturated heterocycles. The third-order valence-corrected chi connectivity index (χ3v) is 5.60. The van der Waals surface area contributed by atoms with Crippen molar-refractivity contribution in [3.63, 3.8) is 0 Å². The van der Waals surface area contributed by atoms with E-state index in [2.05, 4.69) is 4.72 Å². The third-order valence-electron chi connectivity index (χ3n) is 3.65. The zero-order valence-electron chi connectivity index (χ0n) is 11.3. The van der Waals surface area contributed by atoms with Gasteiger partial charge in [-0.3, -0.25) is 0 Å². The second-order valence-corrected chi connectivity index (χ2v) is 7.31. The number of aliphatic hydroxyl groups excluding tert-OH is 1. The van der Waals surface area contributed by atoms with Crippen LogP contribution in [0.15, 0.2) is 17.0 Å². The van der Waals surface area contributed by atoms with E-state index in [1.54, 1.807) is 6.92 Å². The van der Waals surface area contributed by atoms with Crippen molar-refractivity contribution < 1.29 is 13.5 Å². The van der Waals surface area contributed by atoms with E-state index in [4.69, 9.17) is 17.3 Å². The predicted molar refractivity (Wildman–Crippen MR) is 79.2 cm³/mol. The summed E-state index contributed by atoms with van der Waals surface area (Å²) in [5.74, 6) is 0. The molecule has 0 radical (unpaired) electrons. The number of nitrogens with two attached hydrogens (primary N) is 1. The van der Waals surface area contributed by atoms with Crippen molar-refractivity contribution in [2.75, 3.05) is 5.73 Å². The summed E-state index contributed by atoms with van der Waals surface area (Å²) < 4.78 is 27.3. The van der Waals surface area contributed by atoms with E-state index < -0.39 is 22.2 Å². The highest BCUT2D eigenvalue weighted by molar-refractivity contribution is 7.89. The summed E-state index contributed by atoms with van der Waals surface area (Å²) in [6.07, 6.45) is 2.39. The number of halogens is 1. The molecule has 1 saturated carbocycles. The smallest absolute Gasteiger partial charge is 0.242 e. The van der Waals surface area contributed by atoms with Crippen LogP contribution in [0, 0.1) is 6.92 Å². The standard InChI is InChI=1S/C13H19ClN2O3S/c1-8-6-9(14)13(7-10(8)15)20(18,19)16-11-4-2-3-5-12(11)17/h6-7,11-12,16-17H,2-5,15H2,1H3. The van der Waals surface area contributed by atoms with Gasteiger partial charge in [-0.15, -0.1) is 0 Å². The Morgan fingerprint density at radius 3 is 2.65 bits per heavy atom. The SMILES string of the molecule is Cc1cc(Cl)c(S(=O)(=O)NC2CCCCC2O)cc1N.